The van der Waals surface area contributed by atoms with Crippen LogP contribution in [0.1, 0.15) is 42.5 Å². The standard InChI is InChI=1S/C28H27NO4/c1-2-18-12-14-20(15-13-18)25-24(27(31)28(32)29(25)17-21-9-6-16-33-21)26(30)23-11-5-8-19-7-3-4-10-22(19)23/h3-5,7-8,10-15,21,25,30H,2,6,9,16-17H2,1H3/b26-24-. The van der Waals surface area contributed by atoms with E-state index in [1.807, 2.05) is 60.7 Å². The first-order chi connectivity index (χ1) is 16.1. The van der Waals surface area contributed by atoms with Crippen LogP contribution < -0.4 is 0 Å². The number of carbonyl (C=O) groups excluding carboxylic acids is 2. The van der Waals surface area contributed by atoms with Crippen LogP contribution in [0.15, 0.2) is 72.3 Å². The highest BCUT2D eigenvalue weighted by molar-refractivity contribution is 6.46. The van der Waals surface area contributed by atoms with Gasteiger partial charge in [-0.25, -0.2) is 0 Å². The fraction of sp³-hybridized carbons (Fsp3) is 0.286. The number of fused-ring (bicyclic) bond motifs is 1. The van der Waals surface area contributed by atoms with Gasteiger partial charge in [-0.15, -0.1) is 0 Å². The van der Waals surface area contributed by atoms with Crippen molar-refractivity contribution >= 4 is 28.2 Å². The van der Waals surface area contributed by atoms with Gasteiger partial charge in [-0.05, 0) is 41.2 Å². The molecule has 0 saturated carbocycles. The van der Waals surface area contributed by atoms with Gasteiger partial charge < -0.3 is 14.7 Å². The third kappa shape index (κ3) is 3.83. The zero-order valence-corrected chi connectivity index (χ0v) is 18.7. The number of hydrogen-bond donors (Lipinski definition) is 1. The van der Waals surface area contributed by atoms with Gasteiger partial charge in [0.2, 0.25) is 0 Å². The Kier molecular flexibility index (Phi) is 5.73. The molecule has 3 aromatic rings. The lowest BCUT2D eigenvalue weighted by Gasteiger charge is -2.27. The maximum atomic E-state index is 13.3. The van der Waals surface area contributed by atoms with Crippen LogP contribution >= 0.6 is 0 Å². The van der Waals surface area contributed by atoms with E-state index >= 15 is 0 Å². The molecule has 1 amide bonds. The highest BCUT2D eigenvalue weighted by Gasteiger charge is 2.47. The molecule has 3 aromatic carbocycles. The summed E-state index contributed by atoms with van der Waals surface area (Å²) in [6.45, 7) is 3.08. The zero-order valence-electron chi connectivity index (χ0n) is 18.7. The number of hydrogen-bond acceptors (Lipinski definition) is 4. The number of aliphatic hydroxyl groups excluding tert-OH is 1. The van der Waals surface area contributed by atoms with E-state index in [0.29, 0.717) is 18.7 Å². The molecule has 2 aliphatic heterocycles. The minimum Gasteiger partial charge on any atom is -0.507 e. The largest absolute Gasteiger partial charge is 0.507 e. The number of ketones is 1. The lowest BCUT2D eigenvalue weighted by Crippen LogP contribution is -2.36. The van der Waals surface area contributed by atoms with Gasteiger partial charge in [0.1, 0.15) is 5.76 Å². The van der Waals surface area contributed by atoms with Crippen molar-refractivity contribution in [2.45, 2.75) is 38.3 Å². The third-order valence-electron chi connectivity index (χ3n) is 6.71. The lowest BCUT2D eigenvalue weighted by molar-refractivity contribution is -0.140. The molecule has 0 radical (unpaired) electrons. The summed E-state index contributed by atoms with van der Waals surface area (Å²) in [6.07, 6.45) is 2.60. The summed E-state index contributed by atoms with van der Waals surface area (Å²) in [5.41, 5.74) is 2.67. The van der Waals surface area contributed by atoms with Gasteiger partial charge in [0.15, 0.2) is 0 Å². The number of aliphatic hydroxyl groups is 1. The molecule has 5 nitrogen and oxygen atoms in total. The predicted octanol–water partition coefficient (Wildman–Crippen LogP) is 5.00. The molecule has 33 heavy (non-hydrogen) atoms. The first-order valence-corrected chi connectivity index (χ1v) is 11.6. The predicted molar refractivity (Wildman–Crippen MR) is 128 cm³/mol. The van der Waals surface area contributed by atoms with Crippen molar-refractivity contribution in [2.24, 2.45) is 0 Å². The van der Waals surface area contributed by atoms with E-state index < -0.39 is 17.7 Å². The highest BCUT2D eigenvalue weighted by atomic mass is 16.5. The summed E-state index contributed by atoms with van der Waals surface area (Å²) in [6, 6.07) is 20.6. The van der Waals surface area contributed by atoms with Crippen LogP contribution in [-0.4, -0.2) is 41.0 Å². The molecule has 0 aliphatic carbocycles. The molecule has 1 N–H and O–H groups in total. The molecule has 5 heteroatoms. The number of benzene rings is 3. The fourth-order valence-corrected chi connectivity index (χ4v) is 4.94. The zero-order chi connectivity index (χ0) is 22.9. The molecule has 2 saturated heterocycles. The molecule has 2 aliphatic rings. The minimum absolute atomic E-state index is 0.0989. The Hall–Kier alpha value is -3.44. The van der Waals surface area contributed by atoms with Crippen molar-refractivity contribution in [2.75, 3.05) is 13.2 Å². The van der Waals surface area contributed by atoms with Crippen molar-refractivity contribution < 1.29 is 19.4 Å². The van der Waals surface area contributed by atoms with Gasteiger partial charge in [-0.2, -0.15) is 0 Å². The molecule has 0 spiro atoms. The van der Waals surface area contributed by atoms with Crippen LogP contribution in [0.25, 0.3) is 16.5 Å². The van der Waals surface area contributed by atoms with Crippen molar-refractivity contribution in [3.63, 3.8) is 0 Å². The topological polar surface area (TPSA) is 66.8 Å². The van der Waals surface area contributed by atoms with Gasteiger partial charge in [0, 0.05) is 18.7 Å². The van der Waals surface area contributed by atoms with Crippen molar-refractivity contribution in [3.05, 3.63) is 89.0 Å². The van der Waals surface area contributed by atoms with E-state index in [9.17, 15) is 14.7 Å². The summed E-state index contributed by atoms with van der Waals surface area (Å²) < 4.78 is 5.77. The number of amides is 1. The number of nitrogens with zero attached hydrogens (tertiary/aromatic N) is 1. The SMILES string of the molecule is CCc1ccc(C2/C(=C(/O)c3cccc4ccccc34)C(=O)C(=O)N2CC2CCCO2)cc1. The monoisotopic (exact) mass is 441 g/mol. The van der Waals surface area contributed by atoms with Crippen LogP contribution in [0.5, 0.6) is 0 Å². The molecule has 168 valence electrons. The van der Waals surface area contributed by atoms with Crippen LogP contribution in [-0.2, 0) is 20.7 Å². The Morgan fingerprint density at radius 1 is 1.03 bits per heavy atom. The number of likely N-dealkylation sites (tertiary alicyclic amines) is 1. The average Bonchev–Trinajstić information content (AvgIpc) is 3.46. The van der Waals surface area contributed by atoms with E-state index in [2.05, 4.69) is 6.92 Å². The summed E-state index contributed by atoms with van der Waals surface area (Å²) in [7, 11) is 0. The Bertz CT molecular complexity index is 1230. The average molecular weight is 442 g/mol. The summed E-state index contributed by atoms with van der Waals surface area (Å²) in [4.78, 5) is 28.1. The maximum Gasteiger partial charge on any atom is 0.295 e. The Morgan fingerprint density at radius 2 is 1.79 bits per heavy atom. The fourth-order valence-electron chi connectivity index (χ4n) is 4.94. The van der Waals surface area contributed by atoms with Crippen molar-refractivity contribution in [1.29, 1.82) is 0 Å². The van der Waals surface area contributed by atoms with Gasteiger partial charge in [0.25, 0.3) is 11.7 Å². The van der Waals surface area contributed by atoms with Gasteiger partial charge in [-0.1, -0.05) is 73.7 Å². The summed E-state index contributed by atoms with van der Waals surface area (Å²) in [5, 5.41) is 13.3. The molecular formula is C28H27NO4. The van der Waals surface area contributed by atoms with Crippen LogP contribution in [0, 0.1) is 0 Å². The van der Waals surface area contributed by atoms with E-state index in [0.717, 1.165) is 35.6 Å². The second-order valence-electron chi connectivity index (χ2n) is 8.71. The first kappa shape index (κ1) is 21.4. The lowest BCUT2D eigenvalue weighted by atomic mass is 9.92. The number of Topliss-reactive ketones (excluding diaryl/α,β-unsaturated/α-hetero) is 1. The molecule has 0 aromatic heterocycles. The Morgan fingerprint density at radius 3 is 2.52 bits per heavy atom. The highest BCUT2D eigenvalue weighted by Crippen LogP contribution is 2.41. The Balaban J connectivity index is 1.67. The van der Waals surface area contributed by atoms with E-state index in [-0.39, 0.29) is 17.4 Å². The molecule has 5 rings (SSSR count). The molecule has 2 heterocycles. The minimum atomic E-state index is -0.654. The number of aryl methyl sites for hydroxylation is 1. The number of rotatable bonds is 5. The van der Waals surface area contributed by atoms with Crippen LogP contribution in [0.2, 0.25) is 0 Å². The van der Waals surface area contributed by atoms with Crippen LogP contribution in [0.4, 0.5) is 0 Å². The smallest absolute Gasteiger partial charge is 0.295 e. The van der Waals surface area contributed by atoms with E-state index in [1.165, 1.54) is 5.56 Å². The maximum absolute atomic E-state index is 13.3. The van der Waals surface area contributed by atoms with Gasteiger partial charge >= 0.3 is 0 Å². The molecular weight excluding hydrogens is 414 g/mol. The quantitative estimate of drug-likeness (QED) is 0.344. The number of carbonyl (C=O) groups is 2. The summed E-state index contributed by atoms with van der Waals surface area (Å²) >= 11 is 0. The van der Waals surface area contributed by atoms with Crippen LogP contribution in [0.3, 0.4) is 0 Å². The molecule has 2 atom stereocenters. The summed E-state index contributed by atoms with van der Waals surface area (Å²) in [5.74, 6) is -1.37. The molecule has 2 unspecified atom stereocenters. The Labute approximate surface area is 193 Å². The number of ether oxygens (including phenoxy) is 1. The van der Waals surface area contributed by atoms with Crippen molar-refractivity contribution in [1.82, 2.24) is 4.90 Å². The second-order valence-corrected chi connectivity index (χ2v) is 8.71. The van der Waals surface area contributed by atoms with E-state index in [1.54, 1.807) is 11.0 Å². The normalized spacial score (nSPS) is 22.4. The molecule has 2 fully saturated rings. The van der Waals surface area contributed by atoms with Gasteiger partial charge in [0.05, 0.1) is 17.7 Å². The second kappa shape index (κ2) is 8.83. The molecule has 0 bridgehead atoms. The third-order valence-corrected chi connectivity index (χ3v) is 6.71. The first-order valence-electron chi connectivity index (χ1n) is 11.6. The van der Waals surface area contributed by atoms with Crippen molar-refractivity contribution in [3.8, 4) is 0 Å². The van der Waals surface area contributed by atoms with Gasteiger partial charge in [-0.3, -0.25) is 9.59 Å². The van der Waals surface area contributed by atoms with E-state index in [4.69, 9.17) is 4.74 Å².